The van der Waals surface area contributed by atoms with Crippen LogP contribution < -0.4 is 5.32 Å². The van der Waals surface area contributed by atoms with Crippen molar-refractivity contribution in [3.05, 3.63) is 76.6 Å². The maximum absolute atomic E-state index is 12.4. The van der Waals surface area contributed by atoms with Crippen molar-refractivity contribution >= 4 is 12.0 Å². The molecule has 2 heterocycles. The monoisotopic (exact) mass is 388 g/mol. The lowest BCUT2D eigenvalue weighted by atomic mass is 9.95. The van der Waals surface area contributed by atoms with Gasteiger partial charge in [-0.15, -0.1) is 5.10 Å². The van der Waals surface area contributed by atoms with Crippen molar-refractivity contribution < 1.29 is 4.79 Å². The number of hydrogen-bond donors (Lipinski definition) is 1. The third-order valence-corrected chi connectivity index (χ3v) is 5.02. The Morgan fingerprint density at radius 2 is 2.00 bits per heavy atom. The molecule has 0 saturated carbocycles. The normalized spacial score (nSPS) is 13.4. The molecule has 0 saturated heterocycles. The molecule has 1 aliphatic rings. The second-order valence-electron chi connectivity index (χ2n) is 7.18. The summed E-state index contributed by atoms with van der Waals surface area (Å²) in [6, 6.07) is 10.0. The Bertz CT molecular complexity index is 1030. The van der Waals surface area contributed by atoms with Gasteiger partial charge in [0.25, 0.3) is 5.91 Å². The quantitative estimate of drug-likeness (QED) is 0.702. The fourth-order valence-electron chi connectivity index (χ4n) is 3.53. The average Bonchev–Trinajstić information content (AvgIpc) is 3.22. The number of nitrogens with one attached hydrogen (secondary N) is 1. The fraction of sp³-hybridized carbons (Fsp3) is 0.318. The van der Waals surface area contributed by atoms with Crippen LogP contribution in [-0.2, 0) is 25.9 Å². The summed E-state index contributed by atoms with van der Waals surface area (Å²) in [7, 11) is 0. The van der Waals surface area contributed by atoms with Crippen LogP contribution in [0.3, 0.4) is 0 Å². The van der Waals surface area contributed by atoms with Crippen molar-refractivity contribution in [1.29, 1.82) is 0 Å². The van der Waals surface area contributed by atoms with E-state index in [0.717, 1.165) is 36.2 Å². The van der Waals surface area contributed by atoms with E-state index in [-0.39, 0.29) is 18.1 Å². The van der Waals surface area contributed by atoms with Gasteiger partial charge in [0.05, 0.1) is 19.3 Å². The minimum absolute atomic E-state index is 0.276. The van der Waals surface area contributed by atoms with E-state index in [1.165, 1.54) is 12.0 Å². The zero-order valence-electron chi connectivity index (χ0n) is 16.5. The number of aryl methyl sites for hydroxylation is 2. The second-order valence-corrected chi connectivity index (χ2v) is 7.18. The molecule has 3 aromatic rings. The van der Waals surface area contributed by atoms with E-state index >= 15 is 0 Å². The summed E-state index contributed by atoms with van der Waals surface area (Å²) < 4.78 is 1.63. The van der Waals surface area contributed by atoms with E-state index in [0.29, 0.717) is 12.4 Å². The molecule has 148 valence electrons. The van der Waals surface area contributed by atoms with Gasteiger partial charge in [-0.25, -0.2) is 14.6 Å². The summed E-state index contributed by atoms with van der Waals surface area (Å²) in [6.07, 6.45) is 10.0. The molecule has 0 fully saturated rings. The smallest absolute Gasteiger partial charge is 0.273 e. The van der Waals surface area contributed by atoms with Gasteiger partial charge in [-0.1, -0.05) is 47.7 Å². The zero-order valence-corrected chi connectivity index (χ0v) is 16.5. The van der Waals surface area contributed by atoms with Crippen LogP contribution in [0.25, 0.3) is 6.08 Å². The molecule has 0 bridgehead atoms. The molecule has 1 aliphatic carbocycles. The van der Waals surface area contributed by atoms with Crippen LogP contribution in [0.5, 0.6) is 0 Å². The van der Waals surface area contributed by atoms with Gasteiger partial charge in [0.1, 0.15) is 5.82 Å². The number of carbonyl (C=O) groups is 1. The van der Waals surface area contributed by atoms with Gasteiger partial charge < -0.3 is 5.32 Å². The molecular weight excluding hydrogens is 364 g/mol. The average molecular weight is 388 g/mol. The van der Waals surface area contributed by atoms with Crippen molar-refractivity contribution in [3.63, 3.8) is 0 Å². The van der Waals surface area contributed by atoms with Crippen LogP contribution in [0, 0.1) is 6.92 Å². The van der Waals surface area contributed by atoms with Crippen molar-refractivity contribution in [2.24, 2.45) is 0 Å². The molecule has 0 spiro atoms. The van der Waals surface area contributed by atoms with Crippen molar-refractivity contribution in [2.45, 2.75) is 45.7 Å². The number of nitrogens with zero attached hydrogens (tertiary/aromatic N) is 5. The number of benzene rings is 1. The minimum Gasteiger partial charge on any atom is -0.343 e. The molecule has 1 amide bonds. The summed E-state index contributed by atoms with van der Waals surface area (Å²) in [5.74, 6) is 0.372. The van der Waals surface area contributed by atoms with Crippen LogP contribution in [-0.4, -0.2) is 30.9 Å². The lowest BCUT2D eigenvalue weighted by molar-refractivity contribution is 0.0944. The second kappa shape index (κ2) is 8.77. The number of carbonyl (C=O) groups excluding carboxylic acids is 1. The Morgan fingerprint density at radius 3 is 2.86 bits per heavy atom. The summed E-state index contributed by atoms with van der Waals surface area (Å²) >= 11 is 0. The summed E-state index contributed by atoms with van der Waals surface area (Å²) in [5, 5.41) is 10.8. The first-order valence-corrected chi connectivity index (χ1v) is 9.94. The molecule has 1 aromatic carbocycles. The molecule has 7 nitrogen and oxygen atoms in total. The Morgan fingerprint density at radius 1 is 1.17 bits per heavy atom. The molecule has 0 unspecified atom stereocenters. The third-order valence-electron chi connectivity index (χ3n) is 5.02. The van der Waals surface area contributed by atoms with E-state index in [4.69, 9.17) is 0 Å². The van der Waals surface area contributed by atoms with E-state index in [1.54, 1.807) is 10.9 Å². The summed E-state index contributed by atoms with van der Waals surface area (Å²) in [6.45, 7) is 2.85. The highest BCUT2D eigenvalue weighted by atomic mass is 16.2. The molecule has 7 heteroatoms. The minimum atomic E-state index is -0.276. The largest absolute Gasteiger partial charge is 0.343 e. The standard InChI is InChI=1S/C22H24N6O/c1-16-18-11-5-6-12-19(18)25-21(24-16)14-23-22(29)20-15-28(27-26-20)13-7-10-17-8-3-2-4-9-17/h2-4,7-10,15H,5-6,11-14H2,1H3,(H,23,29). The summed E-state index contributed by atoms with van der Waals surface area (Å²) in [4.78, 5) is 21.6. The van der Waals surface area contributed by atoms with Crippen molar-refractivity contribution in [2.75, 3.05) is 0 Å². The predicted octanol–water partition coefficient (Wildman–Crippen LogP) is 2.90. The van der Waals surface area contributed by atoms with Crippen molar-refractivity contribution in [3.8, 4) is 0 Å². The Balaban J connectivity index is 1.34. The van der Waals surface area contributed by atoms with Crippen LogP contribution in [0.4, 0.5) is 0 Å². The van der Waals surface area contributed by atoms with Gasteiger partial charge >= 0.3 is 0 Å². The van der Waals surface area contributed by atoms with E-state index < -0.39 is 0 Å². The zero-order chi connectivity index (χ0) is 20.1. The number of amides is 1. The van der Waals surface area contributed by atoms with Crippen LogP contribution in [0.1, 0.15) is 51.7 Å². The van der Waals surface area contributed by atoms with Gasteiger partial charge in [0.2, 0.25) is 0 Å². The highest BCUT2D eigenvalue weighted by Crippen LogP contribution is 2.21. The SMILES string of the molecule is Cc1nc(CNC(=O)c2cn(CC=Cc3ccccc3)nn2)nc2c1CCCC2. The topological polar surface area (TPSA) is 85.6 Å². The van der Waals surface area contributed by atoms with Crippen LogP contribution in [0.2, 0.25) is 0 Å². The van der Waals surface area contributed by atoms with Gasteiger partial charge in [0, 0.05) is 11.4 Å². The Kier molecular flexibility index (Phi) is 5.74. The molecule has 0 aliphatic heterocycles. The number of aromatic nitrogens is 5. The number of rotatable bonds is 6. The van der Waals surface area contributed by atoms with Gasteiger partial charge in [-0.2, -0.15) is 0 Å². The number of fused-ring (bicyclic) bond motifs is 1. The highest BCUT2D eigenvalue weighted by Gasteiger charge is 2.16. The van der Waals surface area contributed by atoms with Gasteiger partial charge in [-0.3, -0.25) is 4.79 Å². The first-order chi connectivity index (χ1) is 14.2. The molecular formula is C22H24N6O. The van der Waals surface area contributed by atoms with Gasteiger partial charge in [0.15, 0.2) is 5.69 Å². The predicted molar refractivity (Wildman–Crippen MR) is 110 cm³/mol. The van der Waals surface area contributed by atoms with Gasteiger partial charge in [-0.05, 0) is 43.7 Å². The fourth-order valence-corrected chi connectivity index (χ4v) is 3.53. The van der Waals surface area contributed by atoms with E-state index in [1.807, 2.05) is 49.4 Å². The van der Waals surface area contributed by atoms with Crippen molar-refractivity contribution in [1.82, 2.24) is 30.3 Å². The lowest BCUT2D eigenvalue weighted by Crippen LogP contribution is -2.25. The third kappa shape index (κ3) is 4.74. The maximum Gasteiger partial charge on any atom is 0.273 e. The molecule has 0 radical (unpaired) electrons. The Labute approximate surface area is 169 Å². The Hall–Kier alpha value is -3.35. The first kappa shape index (κ1) is 19.0. The highest BCUT2D eigenvalue weighted by molar-refractivity contribution is 5.91. The lowest BCUT2D eigenvalue weighted by Gasteiger charge is -2.17. The molecule has 29 heavy (non-hydrogen) atoms. The molecule has 4 rings (SSSR count). The number of hydrogen-bond acceptors (Lipinski definition) is 5. The number of allylic oxidation sites excluding steroid dienone is 1. The van der Waals surface area contributed by atoms with Crippen LogP contribution in [0.15, 0.2) is 42.6 Å². The van der Waals surface area contributed by atoms with Crippen LogP contribution >= 0.6 is 0 Å². The van der Waals surface area contributed by atoms with E-state index in [9.17, 15) is 4.79 Å². The summed E-state index contributed by atoms with van der Waals surface area (Å²) in [5.41, 5.74) is 4.83. The van der Waals surface area contributed by atoms with E-state index in [2.05, 4.69) is 25.6 Å². The molecule has 2 aromatic heterocycles. The molecule has 1 N–H and O–H groups in total. The first-order valence-electron chi connectivity index (χ1n) is 9.94. The maximum atomic E-state index is 12.4. The molecule has 0 atom stereocenters.